The number of ether oxygens (including phenoxy) is 1. The molecule has 3 aromatic rings. The summed E-state index contributed by atoms with van der Waals surface area (Å²) in [6.45, 7) is 4.21. The molecule has 114 valence electrons. The Hall–Kier alpha value is -2.76. The van der Waals surface area contributed by atoms with Crippen molar-refractivity contribution in [3.8, 4) is 11.5 Å². The van der Waals surface area contributed by atoms with Crippen LogP contribution in [0.4, 0.5) is 5.82 Å². The van der Waals surface area contributed by atoms with Gasteiger partial charge in [-0.05, 0) is 37.6 Å². The van der Waals surface area contributed by atoms with E-state index in [4.69, 9.17) is 9.15 Å². The van der Waals surface area contributed by atoms with Crippen molar-refractivity contribution in [3.05, 3.63) is 42.3 Å². The molecular weight excluding hydrogens is 282 g/mol. The van der Waals surface area contributed by atoms with Crippen molar-refractivity contribution in [2.45, 2.75) is 13.8 Å². The molecule has 3 heterocycles. The van der Waals surface area contributed by atoms with Crippen molar-refractivity contribution < 1.29 is 13.9 Å². The van der Waals surface area contributed by atoms with Gasteiger partial charge in [0.15, 0.2) is 5.76 Å². The second kappa shape index (κ2) is 5.93. The number of aromatic nitrogens is 2. The molecule has 1 N–H and O–H groups in total. The lowest BCUT2D eigenvalue weighted by Gasteiger charge is -2.08. The van der Waals surface area contributed by atoms with Gasteiger partial charge >= 0.3 is 5.97 Å². The Morgan fingerprint density at radius 3 is 3.00 bits per heavy atom. The maximum Gasteiger partial charge on any atom is 0.325 e. The van der Waals surface area contributed by atoms with E-state index in [1.807, 2.05) is 35.7 Å². The predicted molar refractivity (Wildman–Crippen MR) is 82.8 cm³/mol. The van der Waals surface area contributed by atoms with Crippen LogP contribution in [-0.2, 0) is 9.53 Å². The molecule has 0 aromatic carbocycles. The van der Waals surface area contributed by atoms with Crippen LogP contribution >= 0.6 is 0 Å². The molecule has 0 amide bonds. The maximum absolute atomic E-state index is 11.6. The number of furan rings is 1. The van der Waals surface area contributed by atoms with Crippen LogP contribution in [0.5, 0.6) is 0 Å². The van der Waals surface area contributed by atoms with E-state index in [1.54, 1.807) is 19.3 Å². The maximum atomic E-state index is 11.6. The second-order valence-electron chi connectivity index (χ2n) is 4.88. The molecule has 0 radical (unpaired) electrons. The Labute approximate surface area is 127 Å². The molecule has 0 aliphatic heterocycles. The van der Waals surface area contributed by atoms with Crippen LogP contribution in [0.15, 0.2) is 41.1 Å². The number of rotatable bonds is 5. The molecule has 3 aromatic heterocycles. The third-order valence-electron chi connectivity index (χ3n) is 3.23. The van der Waals surface area contributed by atoms with Gasteiger partial charge in [0.25, 0.3) is 0 Å². The number of carbonyl (C=O) groups excluding carboxylic acids is 1. The summed E-state index contributed by atoms with van der Waals surface area (Å²) in [6, 6.07) is 7.56. The first-order chi connectivity index (χ1) is 10.7. The molecule has 3 rings (SSSR count). The quantitative estimate of drug-likeness (QED) is 0.734. The van der Waals surface area contributed by atoms with E-state index in [0.29, 0.717) is 23.9 Å². The number of pyridine rings is 1. The second-order valence-corrected chi connectivity index (χ2v) is 4.88. The summed E-state index contributed by atoms with van der Waals surface area (Å²) in [6.07, 6.45) is 3.56. The van der Waals surface area contributed by atoms with Crippen LogP contribution in [0.1, 0.15) is 12.5 Å². The third-order valence-corrected chi connectivity index (χ3v) is 3.23. The zero-order valence-electron chi connectivity index (χ0n) is 12.5. The summed E-state index contributed by atoms with van der Waals surface area (Å²) in [5, 5.41) is 3.10. The molecule has 22 heavy (non-hydrogen) atoms. The minimum atomic E-state index is -0.310. The van der Waals surface area contributed by atoms with Crippen molar-refractivity contribution in [1.82, 2.24) is 9.38 Å². The predicted octanol–water partition coefficient (Wildman–Crippen LogP) is 2.88. The van der Waals surface area contributed by atoms with Crippen LogP contribution in [0.2, 0.25) is 0 Å². The Morgan fingerprint density at radius 2 is 2.27 bits per heavy atom. The van der Waals surface area contributed by atoms with Crippen molar-refractivity contribution in [2.75, 3.05) is 18.5 Å². The summed E-state index contributed by atoms with van der Waals surface area (Å²) in [5.74, 6) is 1.05. The van der Waals surface area contributed by atoms with Crippen molar-refractivity contribution in [2.24, 2.45) is 0 Å². The highest BCUT2D eigenvalue weighted by Gasteiger charge is 2.17. The van der Waals surface area contributed by atoms with Gasteiger partial charge in [-0.3, -0.25) is 9.20 Å². The summed E-state index contributed by atoms with van der Waals surface area (Å²) >= 11 is 0. The minimum absolute atomic E-state index is 0.0727. The zero-order valence-corrected chi connectivity index (χ0v) is 12.5. The highest BCUT2D eigenvalue weighted by molar-refractivity contribution is 5.79. The fourth-order valence-corrected chi connectivity index (χ4v) is 2.27. The lowest BCUT2D eigenvalue weighted by molar-refractivity contribution is -0.140. The third kappa shape index (κ3) is 2.67. The van der Waals surface area contributed by atoms with Crippen molar-refractivity contribution in [3.63, 3.8) is 0 Å². The summed E-state index contributed by atoms with van der Waals surface area (Å²) in [7, 11) is 0. The van der Waals surface area contributed by atoms with Crippen LogP contribution in [-0.4, -0.2) is 28.5 Å². The van der Waals surface area contributed by atoms with Crippen LogP contribution in [0, 0.1) is 6.92 Å². The summed E-state index contributed by atoms with van der Waals surface area (Å²) in [5.41, 5.74) is 2.54. The number of imidazole rings is 1. The van der Waals surface area contributed by atoms with Gasteiger partial charge in [-0.2, -0.15) is 0 Å². The highest BCUT2D eigenvalue weighted by Crippen LogP contribution is 2.29. The number of fused-ring (bicyclic) bond motifs is 1. The Morgan fingerprint density at radius 1 is 1.41 bits per heavy atom. The molecule has 0 spiro atoms. The van der Waals surface area contributed by atoms with E-state index in [2.05, 4.69) is 10.3 Å². The number of nitrogens with zero attached hydrogens (tertiary/aromatic N) is 2. The molecule has 0 unspecified atom stereocenters. The van der Waals surface area contributed by atoms with E-state index < -0.39 is 0 Å². The number of carbonyl (C=O) groups is 1. The molecule has 6 heteroatoms. The first-order valence-corrected chi connectivity index (χ1v) is 7.11. The normalized spacial score (nSPS) is 10.8. The topological polar surface area (TPSA) is 68.8 Å². The van der Waals surface area contributed by atoms with Crippen molar-refractivity contribution in [1.29, 1.82) is 0 Å². The van der Waals surface area contributed by atoms with Gasteiger partial charge < -0.3 is 14.5 Å². The van der Waals surface area contributed by atoms with E-state index in [0.717, 1.165) is 11.2 Å². The van der Waals surface area contributed by atoms with Gasteiger partial charge in [0.05, 0.1) is 12.9 Å². The Bertz CT molecular complexity index is 790. The van der Waals surface area contributed by atoms with E-state index in [-0.39, 0.29) is 12.5 Å². The summed E-state index contributed by atoms with van der Waals surface area (Å²) < 4.78 is 12.3. The molecule has 6 nitrogen and oxygen atoms in total. The van der Waals surface area contributed by atoms with Crippen molar-refractivity contribution >= 4 is 17.4 Å². The highest BCUT2D eigenvalue weighted by atomic mass is 16.5. The largest absolute Gasteiger partial charge is 0.465 e. The number of hydrogen-bond donors (Lipinski definition) is 1. The SMILES string of the molecule is CCOC(=O)CNc1c(-c2ccco2)nc2ccc(C)cn12. The monoisotopic (exact) mass is 299 g/mol. The number of hydrogen-bond acceptors (Lipinski definition) is 5. The van der Waals surface area contributed by atoms with Gasteiger partial charge in [-0.1, -0.05) is 6.07 Å². The molecule has 0 atom stereocenters. The van der Waals surface area contributed by atoms with E-state index in [9.17, 15) is 4.79 Å². The average molecular weight is 299 g/mol. The molecule has 0 saturated heterocycles. The van der Waals surface area contributed by atoms with Gasteiger partial charge in [0, 0.05) is 6.20 Å². The number of aryl methyl sites for hydroxylation is 1. The van der Waals surface area contributed by atoms with E-state index in [1.165, 1.54) is 0 Å². The fourth-order valence-electron chi connectivity index (χ4n) is 2.27. The number of esters is 1. The Balaban J connectivity index is 2.02. The van der Waals surface area contributed by atoms with Gasteiger partial charge in [-0.25, -0.2) is 4.98 Å². The summed E-state index contributed by atoms with van der Waals surface area (Å²) in [4.78, 5) is 16.2. The first-order valence-electron chi connectivity index (χ1n) is 7.11. The van der Waals surface area contributed by atoms with Gasteiger partial charge in [0.1, 0.15) is 23.7 Å². The molecule has 0 aliphatic rings. The fraction of sp³-hybridized carbons (Fsp3) is 0.250. The van der Waals surface area contributed by atoms with Gasteiger partial charge in [0.2, 0.25) is 0 Å². The van der Waals surface area contributed by atoms with Crippen LogP contribution in [0.25, 0.3) is 17.1 Å². The molecular formula is C16H17N3O3. The zero-order chi connectivity index (χ0) is 15.5. The molecule has 0 bridgehead atoms. The number of anilines is 1. The molecule has 0 fully saturated rings. The lowest BCUT2D eigenvalue weighted by Crippen LogP contribution is -2.17. The average Bonchev–Trinajstić information content (AvgIpc) is 3.12. The standard InChI is InChI=1S/C16H17N3O3/c1-3-21-14(20)9-17-16-15(12-5-4-8-22-12)18-13-7-6-11(2)10-19(13)16/h4-8,10,17H,3,9H2,1-2H3. The lowest BCUT2D eigenvalue weighted by atomic mass is 10.3. The molecule has 0 aliphatic carbocycles. The van der Waals surface area contributed by atoms with Gasteiger partial charge in [-0.15, -0.1) is 0 Å². The van der Waals surface area contributed by atoms with Crippen LogP contribution < -0.4 is 5.32 Å². The van der Waals surface area contributed by atoms with Crippen LogP contribution in [0.3, 0.4) is 0 Å². The van der Waals surface area contributed by atoms with E-state index >= 15 is 0 Å². The number of nitrogens with one attached hydrogen (secondary N) is 1. The first kappa shape index (κ1) is 14.2. The Kier molecular flexibility index (Phi) is 3.82. The smallest absolute Gasteiger partial charge is 0.325 e. The minimum Gasteiger partial charge on any atom is -0.465 e. The molecule has 0 saturated carbocycles.